The van der Waals surface area contributed by atoms with Gasteiger partial charge in [0.15, 0.2) is 18.1 Å². The Kier molecular flexibility index (Phi) is 7.38. The zero-order valence-corrected chi connectivity index (χ0v) is 18.2. The first kappa shape index (κ1) is 20.4. The van der Waals surface area contributed by atoms with Gasteiger partial charge in [-0.05, 0) is 35.1 Å². The van der Waals surface area contributed by atoms with Gasteiger partial charge in [-0.25, -0.2) is 0 Å². The number of nitrogens with one attached hydrogen (secondary N) is 1. The minimum absolute atomic E-state index is 0.00166. The van der Waals surface area contributed by atoms with Gasteiger partial charge >= 0.3 is 0 Å². The second-order valence-electron chi connectivity index (χ2n) is 6.58. The number of thiophene rings is 1. The maximum Gasteiger partial charge on any atom is 0.258 e. The van der Waals surface area contributed by atoms with E-state index in [2.05, 4.69) is 31.3 Å². The quantitative estimate of drug-likeness (QED) is 0.638. The topological polar surface area (TPSA) is 47.6 Å². The van der Waals surface area contributed by atoms with Crippen molar-refractivity contribution >= 4 is 40.8 Å². The Hall–Kier alpha value is -1.31. The number of carbonyl (C=O) groups excluding carboxylic acids is 1. The number of ether oxygens (including phenoxy) is 2. The summed E-state index contributed by atoms with van der Waals surface area (Å²) >= 11 is 5.56. The molecule has 0 bridgehead atoms. The molecule has 1 amide bonds. The van der Waals surface area contributed by atoms with E-state index in [0.29, 0.717) is 22.0 Å². The molecule has 7 heteroatoms. The first-order valence-corrected chi connectivity index (χ1v) is 11.9. The zero-order chi connectivity index (χ0) is 19.2. The predicted octanol–water partition coefficient (Wildman–Crippen LogP) is 5.13. The van der Waals surface area contributed by atoms with Crippen molar-refractivity contribution < 1.29 is 14.3 Å². The zero-order valence-electron chi connectivity index (χ0n) is 15.8. The Labute approximate surface area is 173 Å². The average Bonchev–Trinajstić information content (AvgIpc) is 3.38. The van der Waals surface area contributed by atoms with E-state index in [0.717, 1.165) is 4.88 Å². The summed E-state index contributed by atoms with van der Waals surface area (Å²) in [7, 11) is 1.63. The molecule has 27 heavy (non-hydrogen) atoms. The number of carbonyl (C=O) groups is 1. The fraction of sp³-hybridized carbons (Fsp3) is 0.450. The van der Waals surface area contributed by atoms with Crippen LogP contribution in [-0.4, -0.2) is 31.1 Å². The van der Waals surface area contributed by atoms with Crippen LogP contribution in [0.3, 0.4) is 0 Å². The van der Waals surface area contributed by atoms with Crippen LogP contribution in [0.2, 0.25) is 0 Å². The molecular weight excluding hydrogens is 398 g/mol. The molecule has 1 aromatic carbocycles. The van der Waals surface area contributed by atoms with Crippen molar-refractivity contribution in [3.63, 3.8) is 0 Å². The number of amides is 1. The molecule has 4 nitrogen and oxygen atoms in total. The Balaban J connectivity index is 1.60. The van der Waals surface area contributed by atoms with Crippen molar-refractivity contribution in [2.45, 2.75) is 24.5 Å². The lowest BCUT2D eigenvalue weighted by Crippen LogP contribution is -2.34. The van der Waals surface area contributed by atoms with Crippen molar-refractivity contribution in [2.24, 2.45) is 5.92 Å². The fourth-order valence-corrected chi connectivity index (χ4v) is 6.68. The summed E-state index contributed by atoms with van der Waals surface area (Å²) in [6.45, 7) is 4.18. The lowest BCUT2D eigenvalue weighted by atomic mass is 10.0. The standard InChI is InChI=1S/C20H25NO3S3/c1-13(2)19(17-5-4-8-25-17)21-18(22)12-24-15-7-6-14(11-16(15)23-3)20-26-9-10-27-20/h4-8,11,13,19-20H,9-10,12H2,1-3H3,(H,21,22). The molecule has 1 atom stereocenters. The second-order valence-corrected chi connectivity index (χ2v) is 10.3. The monoisotopic (exact) mass is 423 g/mol. The van der Waals surface area contributed by atoms with Gasteiger partial charge in [-0.3, -0.25) is 4.79 Å². The van der Waals surface area contributed by atoms with E-state index in [9.17, 15) is 4.79 Å². The van der Waals surface area contributed by atoms with Crippen LogP contribution in [-0.2, 0) is 4.79 Å². The van der Waals surface area contributed by atoms with Crippen molar-refractivity contribution in [3.8, 4) is 11.5 Å². The highest BCUT2D eigenvalue weighted by Gasteiger charge is 2.21. The first-order chi connectivity index (χ1) is 13.1. The highest BCUT2D eigenvalue weighted by molar-refractivity contribution is 8.19. The van der Waals surface area contributed by atoms with Gasteiger partial charge in [0, 0.05) is 16.4 Å². The molecule has 0 aliphatic carbocycles. The number of benzene rings is 1. The summed E-state index contributed by atoms with van der Waals surface area (Å²) in [5, 5.41) is 5.11. The van der Waals surface area contributed by atoms with Crippen LogP contribution in [0.5, 0.6) is 11.5 Å². The number of hydrogen-bond donors (Lipinski definition) is 1. The Morgan fingerprint density at radius 3 is 2.63 bits per heavy atom. The van der Waals surface area contributed by atoms with Gasteiger partial charge in [0.2, 0.25) is 0 Å². The Bertz CT molecular complexity index is 743. The van der Waals surface area contributed by atoms with Gasteiger partial charge in [-0.2, -0.15) is 0 Å². The van der Waals surface area contributed by atoms with E-state index in [1.165, 1.54) is 17.1 Å². The lowest BCUT2D eigenvalue weighted by molar-refractivity contribution is -0.124. The summed E-state index contributed by atoms with van der Waals surface area (Å²) in [5.41, 5.74) is 1.23. The van der Waals surface area contributed by atoms with Crippen LogP contribution in [0, 0.1) is 5.92 Å². The number of hydrogen-bond acceptors (Lipinski definition) is 6. The molecule has 2 aromatic rings. The molecule has 1 aromatic heterocycles. The lowest BCUT2D eigenvalue weighted by Gasteiger charge is -2.21. The van der Waals surface area contributed by atoms with E-state index >= 15 is 0 Å². The summed E-state index contributed by atoms with van der Waals surface area (Å²) in [6, 6.07) is 10.0. The van der Waals surface area contributed by atoms with Crippen LogP contribution in [0.1, 0.15) is 34.9 Å². The molecule has 3 rings (SSSR count). The average molecular weight is 424 g/mol. The third-order valence-electron chi connectivity index (χ3n) is 4.27. The van der Waals surface area contributed by atoms with Gasteiger partial charge in [0.05, 0.1) is 17.7 Å². The van der Waals surface area contributed by atoms with Crippen molar-refractivity contribution in [1.82, 2.24) is 5.32 Å². The normalized spacial score (nSPS) is 15.7. The predicted molar refractivity (Wildman–Crippen MR) is 116 cm³/mol. The molecule has 2 heterocycles. The molecule has 1 fully saturated rings. The molecule has 1 aliphatic rings. The number of thioether (sulfide) groups is 2. The van der Waals surface area contributed by atoms with E-state index in [4.69, 9.17) is 9.47 Å². The van der Waals surface area contributed by atoms with Crippen LogP contribution >= 0.6 is 34.9 Å². The number of methoxy groups -OCH3 is 1. The van der Waals surface area contributed by atoms with Crippen LogP contribution in [0.15, 0.2) is 35.7 Å². The van der Waals surface area contributed by atoms with E-state index in [1.807, 2.05) is 47.1 Å². The maximum atomic E-state index is 12.4. The van der Waals surface area contributed by atoms with E-state index < -0.39 is 0 Å². The third kappa shape index (κ3) is 5.36. The molecule has 1 unspecified atom stereocenters. The van der Waals surface area contributed by atoms with Crippen LogP contribution < -0.4 is 14.8 Å². The van der Waals surface area contributed by atoms with Crippen molar-refractivity contribution in [2.75, 3.05) is 25.2 Å². The van der Waals surface area contributed by atoms with Gasteiger partial charge in [0.1, 0.15) is 0 Å². The van der Waals surface area contributed by atoms with Crippen molar-refractivity contribution in [1.29, 1.82) is 0 Å². The van der Waals surface area contributed by atoms with Crippen LogP contribution in [0.4, 0.5) is 0 Å². The molecule has 0 spiro atoms. The van der Waals surface area contributed by atoms with Gasteiger partial charge in [-0.1, -0.05) is 26.0 Å². The Morgan fingerprint density at radius 1 is 1.22 bits per heavy atom. The minimum atomic E-state index is -0.130. The molecular formula is C20H25NO3S3. The number of rotatable bonds is 8. The third-order valence-corrected chi connectivity index (χ3v) is 8.33. The highest BCUT2D eigenvalue weighted by Crippen LogP contribution is 2.46. The summed E-state index contributed by atoms with van der Waals surface area (Å²) in [6.07, 6.45) is 0. The molecule has 1 aliphatic heterocycles. The summed E-state index contributed by atoms with van der Waals surface area (Å²) < 4.78 is 11.7. The molecule has 1 N–H and O–H groups in total. The highest BCUT2D eigenvalue weighted by atomic mass is 32.2. The van der Waals surface area contributed by atoms with E-state index in [-0.39, 0.29) is 18.6 Å². The largest absolute Gasteiger partial charge is 0.493 e. The minimum Gasteiger partial charge on any atom is -0.493 e. The second kappa shape index (κ2) is 9.75. The van der Waals surface area contributed by atoms with Crippen molar-refractivity contribution in [3.05, 3.63) is 46.2 Å². The summed E-state index contributed by atoms with van der Waals surface area (Å²) in [4.78, 5) is 13.6. The molecule has 0 saturated carbocycles. The Morgan fingerprint density at radius 2 is 2.00 bits per heavy atom. The summed E-state index contributed by atoms with van der Waals surface area (Å²) in [5.74, 6) is 3.81. The van der Waals surface area contributed by atoms with Gasteiger partial charge in [-0.15, -0.1) is 34.9 Å². The van der Waals surface area contributed by atoms with Crippen LogP contribution in [0.25, 0.3) is 0 Å². The van der Waals surface area contributed by atoms with Gasteiger partial charge < -0.3 is 14.8 Å². The van der Waals surface area contributed by atoms with E-state index in [1.54, 1.807) is 18.4 Å². The smallest absolute Gasteiger partial charge is 0.258 e. The SMILES string of the molecule is COc1cc(C2SCCS2)ccc1OCC(=O)NC(c1cccs1)C(C)C. The molecule has 0 radical (unpaired) electrons. The first-order valence-electron chi connectivity index (χ1n) is 8.95. The fourth-order valence-electron chi connectivity index (χ4n) is 2.89. The maximum absolute atomic E-state index is 12.4. The molecule has 1 saturated heterocycles. The molecule has 146 valence electrons. The van der Waals surface area contributed by atoms with Gasteiger partial charge in [0.25, 0.3) is 5.91 Å².